The predicted molar refractivity (Wildman–Crippen MR) is 98.2 cm³/mol. The summed E-state index contributed by atoms with van der Waals surface area (Å²) in [5.41, 5.74) is 2.66. The number of benzene rings is 1. The molecule has 0 saturated heterocycles. The van der Waals surface area contributed by atoms with E-state index in [1.165, 1.54) is 6.07 Å². The summed E-state index contributed by atoms with van der Waals surface area (Å²) in [6, 6.07) is 13.9. The Morgan fingerprint density at radius 3 is 2.77 bits per heavy atom. The molecule has 132 valence electrons. The van der Waals surface area contributed by atoms with Crippen LogP contribution in [0.4, 0.5) is 10.1 Å². The molecule has 1 amide bonds. The first kappa shape index (κ1) is 17.5. The fourth-order valence-corrected chi connectivity index (χ4v) is 2.48. The molecule has 1 aromatic carbocycles. The van der Waals surface area contributed by atoms with E-state index in [1.54, 1.807) is 42.9 Å². The van der Waals surface area contributed by atoms with Crippen LogP contribution in [-0.4, -0.2) is 22.4 Å². The van der Waals surface area contributed by atoms with Crippen LogP contribution in [0.3, 0.4) is 0 Å². The number of aromatic nitrogens is 2. The number of hydrogen-bond donors (Lipinski definition) is 2. The maximum atomic E-state index is 13.6. The molecule has 26 heavy (non-hydrogen) atoms. The third kappa shape index (κ3) is 4.86. The Bertz CT molecular complexity index is 870. The van der Waals surface area contributed by atoms with Crippen molar-refractivity contribution in [3.63, 3.8) is 0 Å². The van der Waals surface area contributed by atoms with Gasteiger partial charge in [-0.25, -0.2) is 4.39 Å². The minimum Gasteiger partial charge on any atom is -0.385 e. The molecule has 2 heterocycles. The van der Waals surface area contributed by atoms with Crippen LogP contribution >= 0.6 is 0 Å². The van der Waals surface area contributed by atoms with Gasteiger partial charge in [-0.2, -0.15) is 0 Å². The number of anilines is 1. The van der Waals surface area contributed by atoms with Crippen molar-refractivity contribution in [1.82, 2.24) is 15.3 Å². The maximum absolute atomic E-state index is 13.6. The minimum atomic E-state index is -0.258. The van der Waals surface area contributed by atoms with Crippen LogP contribution in [0.25, 0.3) is 0 Å². The second-order valence-corrected chi connectivity index (χ2v) is 5.74. The largest absolute Gasteiger partial charge is 0.385 e. The highest BCUT2D eigenvalue weighted by atomic mass is 19.1. The molecular weight excluding hydrogens is 331 g/mol. The van der Waals surface area contributed by atoms with E-state index in [2.05, 4.69) is 20.6 Å². The first-order valence-corrected chi connectivity index (χ1v) is 8.33. The van der Waals surface area contributed by atoms with Gasteiger partial charge in [0.1, 0.15) is 11.5 Å². The van der Waals surface area contributed by atoms with Crippen molar-refractivity contribution in [3.05, 3.63) is 89.8 Å². The van der Waals surface area contributed by atoms with Crippen LogP contribution in [0.5, 0.6) is 0 Å². The second kappa shape index (κ2) is 8.71. The highest BCUT2D eigenvalue weighted by molar-refractivity contribution is 5.93. The zero-order chi connectivity index (χ0) is 18.2. The van der Waals surface area contributed by atoms with Gasteiger partial charge in [0.05, 0.1) is 0 Å². The summed E-state index contributed by atoms with van der Waals surface area (Å²) in [4.78, 5) is 20.4. The zero-order valence-electron chi connectivity index (χ0n) is 14.2. The number of nitrogens with zero attached hydrogens (tertiary/aromatic N) is 2. The standard InChI is InChI=1S/C20H19FN4O/c21-18-6-2-1-5-16(18)7-10-23-17-8-11-24-19(12-17)20(26)25-14-15-4-3-9-22-13-15/h1-6,8-9,11-13H,7,10,14H2,(H,23,24)(H,25,26). The monoisotopic (exact) mass is 350 g/mol. The molecule has 0 fully saturated rings. The van der Waals surface area contributed by atoms with Gasteiger partial charge in [0, 0.05) is 37.4 Å². The lowest BCUT2D eigenvalue weighted by molar-refractivity contribution is 0.0946. The smallest absolute Gasteiger partial charge is 0.270 e. The summed E-state index contributed by atoms with van der Waals surface area (Å²) >= 11 is 0. The van der Waals surface area contributed by atoms with E-state index in [-0.39, 0.29) is 11.7 Å². The van der Waals surface area contributed by atoms with E-state index in [1.807, 2.05) is 18.2 Å². The van der Waals surface area contributed by atoms with Crippen LogP contribution < -0.4 is 10.6 Å². The lowest BCUT2D eigenvalue weighted by Gasteiger charge is -2.09. The number of rotatable bonds is 7. The Kier molecular flexibility index (Phi) is 5.88. The average Bonchev–Trinajstić information content (AvgIpc) is 2.69. The van der Waals surface area contributed by atoms with Crippen molar-refractivity contribution in [2.75, 3.05) is 11.9 Å². The molecule has 0 aliphatic heterocycles. The fraction of sp³-hybridized carbons (Fsp3) is 0.150. The van der Waals surface area contributed by atoms with E-state index in [4.69, 9.17) is 0 Å². The van der Waals surface area contributed by atoms with Crippen molar-refractivity contribution in [2.45, 2.75) is 13.0 Å². The van der Waals surface area contributed by atoms with Gasteiger partial charge in [-0.1, -0.05) is 24.3 Å². The summed E-state index contributed by atoms with van der Waals surface area (Å²) in [6.45, 7) is 0.945. The van der Waals surface area contributed by atoms with Gasteiger partial charge in [0.25, 0.3) is 5.91 Å². The van der Waals surface area contributed by atoms with Crippen molar-refractivity contribution >= 4 is 11.6 Å². The summed E-state index contributed by atoms with van der Waals surface area (Å²) in [6.07, 6.45) is 5.51. The summed E-state index contributed by atoms with van der Waals surface area (Å²) in [5.74, 6) is -0.467. The predicted octanol–water partition coefficient (Wildman–Crippen LogP) is 3.20. The first-order chi connectivity index (χ1) is 12.7. The number of nitrogens with one attached hydrogen (secondary N) is 2. The van der Waals surface area contributed by atoms with Crippen LogP contribution in [0.2, 0.25) is 0 Å². The molecule has 3 aromatic rings. The van der Waals surface area contributed by atoms with Gasteiger partial charge in [0.15, 0.2) is 0 Å². The Hall–Kier alpha value is -3.28. The highest BCUT2D eigenvalue weighted by Gasteiger charge is 2.08. The average molecular weight is 350 g/mol. The molecule has 0 unspecified atom stereocenters. The first-order valence-electron chi connectivity index (χ1n) is 8.33. The maximum Gasteiger partial charge on any atom is 0.270 e. The van der Waals surface area contributed by atoms with Crippen LogP contribution in [-0.2, 0) is 13.0 Å². The molecular formula is C20H19FN4O. The SMILES string of the molecule is O=C(NCc1cccnc1)c1cc(NCCc2ccccc2F)ccn1. The van der Waals surface area contributed by atoms with Gasteiger partial charge >= 0.3 is 0 Å². The van der Waals surface area contributed by atoms with Gasteiger partial charge < -0.3 is 10.6 Å². The summed E-state index contributed by atoms with van der Waals surface area (Å²) < 4.78 is 13.6. The normalized spacial score (nSPS) is 10.3. The number of amides is 1. The number of carbonyl (C=O) groups is 1. The van der Waals surface area contributed by atoms with Gasteiger partial charge in [-0.05, 0) is 41.8 Å². The molecule has 0 radical (unpaired) electrons. The van der Waals surface area contributed by atoms with Gasteiger partial charge in [0.2, 0.25) is 0 Å². The lowest BCUT2D eigenvalue weighted by atomic mass is 10.1. The number of hydrogen-bond acceptors (Lipinski definition) is 4. The Labute approximate surface area is 151 Å². The Morgan fingerprint density at radius 1 is 1.08 bits per heavy atom. The van der Waals surface area contributed by atoms with E-state index in [0.717, 1.165) is 11.3 Å². The summed E-state index contributed by atoms with van der Waals surface area (Å²) in [7, 11) is 0. The third-order valence-corrected chi connectivity index (χ3v) is 3.85. The minimum absolute atomic E-state index is 0.209. The number of pyridine rings is 2. The van der Waals surface area contributed by atoms with E-state index in [0.29, 0.717) is 30.8 Å². The lowest BCUT2D eigenvalue weighted by Crippen LogP contribution is -2.24. The highest BCUT2D eigenvalue weighted by Crippen LogP contribution is 2.11. The van der Waals surface area contributed by atoms with Crippen LogP contribution in [0.1, 0.15) is 21.6 Å². The molecule has 2 aromatic heterocycles. The van der Waals surface area contributed by atoms with Crippen LogP contribution in [0, 0.1) is 5.82 Å². The van der Waals surface area contributed by atoms with Gasteiger partial charge in [-0.3, -0.25) is 14.8 Å². The van der Waals surface area contributed by atoms with E-state index in [9.17, 15) is 9.18 Å². The topological polar surface area (TPSA) is 66.9 Å². The molecule has 0 saturated carbocycles. The molecule has 0 atom stereocenters. The summed E-state index contributed by atoms with van der Waals surface area (Å²) in [5, 5.41) is 6.01. The number of halogens is 1. The molecule has 0 bridgehead atoms. The number of carbonyl (C=O) groups excluding carboxylic acids is 1. The quantitative estimate of drug-likeness (QED) is 0.687. The molecule has 3 rings (SSSR count). The van der Waals surface area contributed by atoms with Crippen molar-refractivity contribution in [1.29, 1.82) is 0 Å². The zero-order valence-corrected chi connectivity index (χ0v) is 14.2. The molecule has 0 aliphatic rings. The van der Waals surface area contributed by atoms with E-state index >= 15 is 0 Å². The van der Waals surface area contributed by atoms with Crippen LogP contribution in [0.15, 0.2) is 67.1 Å². The fourth-order valence-electron chi connectivity index (χ4n) is 2.48. The van der Waals surface area contributed by atoms with Crippen molar-refractivity contribution < 1.29 is 9.18 Å². The molecule has 0 aliphatic carbocycles. The van der Waals surface area contributed by atoms with Crippen molar-refractivity contribution in [2.24, 2.45) is 0 Å². The Balaban J connectivity index is 1.54. The second-order valence-electron chi connectivity index (χ2n) is 5.74. The molecule has 6 heteroatoms. The third-order valence-electron chi connectivity index (χ3n) is 3.85. The van der Waals surface area contributed by atoms with E-state index < -0.39 is 0 Å². The van der Waals surface area contributed by atoms with Crippen molar-refractivity contribution in [3.8, 4) is 0 Å². The van der Waals surface area contributed by atoms with Gasteiger partial charge in [-0.15, -0.1) is 0 Å². The molecule has 5 nitrogen and oxygen atoms in total. The molecule has 0 spiro atoms. The Morgan fingerprint density at radius 2 is 1.96 bits per heavy atom. The molecule has 2 N–H and O–H groups in total.